The van der Waals surface area contributed by atoms with Gasteiger partial charge in [-0.2, -0.15) is 0 Å². The van der Waals surface area contributed by atoms with E-state index in [9.17, 15) is 9.59 Å². The van der Waals surface area contributed by atoms with E-state index in [-0.39, 0.29) is 12.4 Å². The molecule has 6 heteroatoms. The van der Waals surface area contributed by atoms with Crippen LogP contribution in [0.5, 0.6) is 0 Å². The van der Waals surface area contributed by atoms with Gasteiger partial charge in [0, 0.05) is 5.69 Å². The van der Waals surface area contributed by atoms with Crippen LogP contribution in [0.3, 0.4) is 0 Å². The molecule has 0 aromatic heterocycles. The fourth-order valence-corrected chi connectivity index (χ4v) is 2.14. The maximum atomic E-state index is 11.9. The molecule has 3 rings (SSSR count). The molecule has 118 valence electrons. The van der Waals surface area contributed by atoms with Crippen LogP contribution < -0.4 is 5.32 Å². The first-order chi connectivity index (χ1) is 11.2. The quantitative estimate of drug-likeness (QED) is 0.876. The summed E-state index contributed by atoms with van der Waals surface area (Å²) in [6.45, 7) is 0.274. The van der Waals surface area contributed by atoms with Gasteiger partial charge in [0.2, 0.25) is 5.76 Å². The smallest absolute Gasteiger partial charge is 0.377 e. The summed E-state index contributed by atoms with van der Waals surface area (Å²) in [5.74, 6) is -1.18. The Morgan fingerprint density at radius 2 is 1.91 bits per heavy atom. The van der Waals surface area contributed by atoms with Crippen molar-refractivity contribution in [3.05, 3.63) is 54.5 Å². The first-order valence-corrected chi connectivity index (χ1v) is 7.13. The number of carbonyl (C=O) groups is 2. The minimum Gasteiger partial charge on any atom is -0.493 e. The summed E-state index contributed by atoms with van der Waals surface area (Å²) in [6.07, 6.45) is 1.19. The van der Waals surface area contributed by atoms with Crippen molar-refractivity contribution < 1.29 is 23.8 Å². The number of hydrogen-bond donors (Lipinski definition) is 1. The van der Waals surface area contributed by atoms with Gasteiger partial charge in [-0.15, -0.1) is 0 Å². The van der Waals surface area contributed by atoms with E-state index in [0.29, 0.717) is 12.3 Å². The van der Waals surface area contributed by atoms with Crippen molar-refractivity contribution in [2.45, 2.75) is 0 Å². The van der Waals surface area contributed by atoms with Gasteiger partial charge in [0.05, 0.1) is 0 Å². The molecule has 23 heavy (non-hydrogen) atoms. The predicted molar refractivity (Wildman–Crippen MR) is 83.5 cm³/mol. The summed E-state index contributed by atoms with van der Waals surface area (Å²) in [5, 5.41) is 4.78. The largest absolute Gasteiger partial charge is 0.493 e. The number of amides is 1. The molecule has 6 nitrogen and oxygen atoms in total. The zero-order valence-electron chi connectivity index (χ0n) is 12.3. The highest BCUT2D eigenvalue weighted by Crippen LogP contribution is 2.18. The molecule has 1 N–H and O–H groups in total. The first-order valence-electron chi connectivity index (χ1n) is 7.13. The molecule has 1 aliphatic heterocycles. The Hall–Kier alpha value is -3.02. The molecule has 0 fully saturated rings. The van der Waals surface area contributed by atoms with Crippen LogP contribution in [-0.4, -0.2) is 31.7 Å². The van der Waals surface area contributed by atoms with E-state index in [1.165, 1.54) is 6.26 Å². The molecular weight excluding hydrogens is 298 g/mol. The lowest BCUT2D eigenvalue weighted by Crippen LogP contribution is -2.23. The van der Waals surface area contributed by atoms with Gasteiger partial charge in [-0.25, -0.2) is 4.79 Å². The lowest BCUT2D eigenvalue weighted by molar-refractivity contribution is -0.148. The summed E-state index contributed by atoms with van der Waals surface area (Å²) in [5.41, 5.74) is 0.640. The minimum absolute atomic E-state index is 0.0326. The summed E-state index contributed by atoms with van der Waals surface area (Å²) in [4.78, 5) is 23.5. The van der Waals surface area contributed by atoms with E-state index in [2.05, 4.69) is 5.32 Å². The lowest BCUT2D eigenvalue weighted by atomic mass is 10.1. The monoisotopic (exact) mass is 313 g/mol. The third-order valence-electron chi connectivity index (χ3n) is 3.22. The van der Waals surface area contributed by atoms with Crippen LogP contribution in [0.1, 0.15) is 0 Å². The zero-order chi connectivity index (χ0) is 16.1. The van der Waals surface area contributed by atoms with Gasteiger partial charge < -0.3 is 19.5 Å². The van der Waals surface area contributed by atoms with E-state index in [1.54, 1.807) is 6.07 Å². The number of carbonyl (C=O) groups excluding carboxylic acids is 2. The van der Waals surface area contributed by atoms with Gasteiger partial charge >= 0.3 is 5.97 Å². The lowest BCUT2D eigenvalue weighted by Gasteiger charge is -2.14. The molecule has 2 aromatic carbocycles. The van der Waals surface area contributed by atoms with Gasteiger partial charge in [0.1, 0.15) is 19.5 Å². The fourth-order valence-electron chi connectivity index (χ4n) is 2.14. The molecule has 1 heterocycles. The molecule has 1 amide bonds. The fraction of sp³-hybridized carbons (Fsp3) is 0.176. The Morgan fingerprint density at radius 1 is 1.09 bits per heavy atom. The van der Waals surface area contributed by atoms with E-state index < -0.39 is 18.5 Å². The highest BCUT2D eigenvalue weighted by Gasteiger charge is 2.17. The number of rotatable bonds is 4. The third kappa shape index (κ3) is 3.79. The third-order valence-corrected chi connectivity index (χ3v) is 3.22. The maximum absolute atomic E-state index is 11.9. The van der Waals surface area contributed by atoms with E-state index in [0.717, 1.165) is 10.8 Å². The molecular formula is C17H15NO5. The molecule has 1 aliphatic rings. The number of benzene rings is 2. The number of hydrogen-bond acceptors (Lipinski definition) is 5. The standard InChI is InChI=1S/C17H15NO5/c19-16(11-23-17(20)15-10-21-7-8-22-15)18-14-6-5-12-3-1-2-4-13(12)9-14/h1-6,9-10H,7-8,11H2,(H,18,19). The number of esters is 1. The molecule has 2 aromatic rings. The molecule has 0 saturated heterocycles. The zero-order valence-corrected chi connectivity index (χ0v) is 12.3. The average Bonchev–Trinajstić information content (AvgIpc) is 2.60. The van der Waals surface area contributed by atoms with Crippen molar-refractivity contribution >= 4 is 28.3 Å². The number of anilines is 1. The predicted octanol–water partition coefficient (Wildman–Crippen LogP) is 2.21. The highest BCUT2D eigenvalue weighted by molar-refractivity contribution is 5.96. The van der Waals surface area contributed by atoms with Gasteiger partial charge in [-0.05, 0) is 22.9 Å². The normalized spacial score (nSPS) is 13.5. The number of nitrogens with one attached hydrogen (secondary N) is 1. The summed E-state index contributed by atoms with van der Waals surface area (Å²) >= 11 is 0. The van der Waals surface area contributed by atoms with Crippen LogP contribution in [-0.2, 0) is 23.8 Å². The van der Waals surface area contributed by atoms with Crippen LogP contribution >= 0.6 is 0 Å². The van der Waals surface area contributed by atoms with Crippen molar-refractivity contribution in [2.24, 2.45) is 0 Å². The van der Waals surface area contributed by atoms with Crippen LogP contribution in [0.2, 0.25) is 0 Å². The van der Waals surface area contributed by atoms with Crippen LogP contribution in [0.4, 0.5) is 5.69 Å². The van der Waals surface area contributed by atoms with Crippen molar-refractivity contribution in [3.63, 3.8) is 0 Å². The van der Waals surface area contributed by atoms with Crippen molar-refractivity contribution in [2.75, 3.05) is 25.1 Å². The van der Waals surface area contributed by atoms with E-state index in [1.807, 2.05) is 36.4 Å². The molecule has 0 saturated carbocycles. The van der Waals surface area contributed by atoms with Crippen molar-refractivity contribution in [3.8, 4) is 0 Å². The minimum atomic E-state index is -0.724. The topological polar surface area (TPSA) is 73.9 Å². The first kappa shape index (κ1) is 14.9. The van der Waals surface area contributed by atoms with Gasteiger partial charge in [0.15, 0.2) is 6.61 Å². The summed E-state index contributed by atoms with van der Waals surface area (Å²) < 4.78 is 14.9. The Morgan fingerprint density at radius 3 is 2.70 bits per heavy atom. The second-order valence-electron chi connectivity index (χ2n) is 4.89. The van der Waals surface area contributed by atoms with Gasteiger partial charge in [-0.1, -0.05) is 30.3 Å². The number of fused-ring (bicyclic) bond motifs is 1. The molecule has 0 radical (unpaired) electrons. The molecule has 0 unspecified atom stereocenters. The van der Waals surface area contributed by atoms with E-state index >= 15 is 0 Å². The molecule has 0 bridgehead atoms. The molecule has 0 aliphatic carbocycles. The van der Waals surface area contributed by atoms with Gasteiger partial charge in [0.25, 0.3) is 5.91 Å². The summed E-state index contributed by atoms with van der Waals surface area (Å²) in [7, 11) is 0. The number of ether oxygens (including phenoxy) is 3. The van der Waals surface area contributed by atoms with Gasteiger partial charge in [-0.3, -0.25) is 4.79 Å². The van der Waals surface area contributed by atoms with E-state index in [4.69, 9.17) is 14.2 Å². The highest BCUT2D eigenvalue weighted by atomic mass is 16.6. The Kier molecular flexibility index (Phi) is 4.42. The molecule has 0 atom stereocenters. The maximum Gasteiger partial charge on any atom is 0.377 e. The Bertz CT molecular complexity index is 768. The summed E-state index contributed by atoms with van der Waals surface area (Å²) in [6, 6.07) is 13.4. The Labute approximate surface area is 132 Å². The Balaban J connectivity index is 1.56. The SMILES string of the molecule is O=C(COC(=O)C1=COCCO1)Nc1ccc2ccccc2c1. The second-order valence-corrected chi connectivity index (χ2v) is 4.89. The van der Waals surface area contributed by atoms with Crippen molar-refractivity contribution in [1.82, 2.24) is 0 Å². The van der Waals surface area contributed by atoms with Crippen LogP contribution in [0.15, 0.2) is 54.5 Å². The van der Waals surface area contributed by atoms with Crippen LogP contribution in [0.25, 0.3) is 10.8 Å². The van der Waals surface area contributed by atoms with Crippen molar-refractivity contribution in [1.29, 1.82) is 0 Å². The van der Waals surface area contributed by atoms with Crippen LogP contribution in [0, 0.1) is 0 Å². The average molecular weight is 313 g/mol. The molecule has 0 spiro atoms. The second kappa shape index (κ2) is 6.83.